The Kier molecular flexibility index (Phi) is 7.01. The summed E-state index contributed by atoms with van der Waals surface area (Å²) < 4.78 is 5.27. The van der Waals surface area contributed by atoms with E-state index in [4.69, 9.17) is 4.42 Å². The predicted octanol–water partition coefficient (Wildman–Crippen LogP) is 3.92. The van der Waals surface area contributed by atoms with Gasteiger partial charge in [0.05, 0.1) is 18.2 Å². The molecule has 1 saturated heterocycles. The fourth-order valence-electron chi connectivity index (χ4n) is 5.22. The van der Waals surface area contributed by atoms with Gasteiger partial charge in [0.2, 0.25) is 11.8 Å². The third-order valence-electron chi connectivity index (χ3n) is 7.20. The van der Waals surface area contributed by atoms with Crippen molar-refractivity contribution in [1.82, 2.24) is 10.2 Å². The van der Waals surface area contributed by atoms with Crippen LogP contribution >= 0.6 is 0 Å². The van der Waals surface area contributed by atoms with Crippen LogP contribution in [0.15, 0.2) is 64.7 Å². The first kappa shape index (κ1) is 24.9. The van der Waals surface area contributed by atoms with Crippen molar-refractivity contribution in [2.75, 3.05) is 29.9 Å². The summed E-state index contributed by atoms with van der Waals surface area (Å²) in [5.41, 5.74) is 4.86. The summed E-state index contributed by atoms with van der Waals surface area (Å²) in [7, 11) is 0. The molecule has 38 heavy (non-hydrogen) atoms. The normalized spacial score (nSPS) is 16.8. The lowest BCUT2D eigenvalue weighted by atomic mass is 10.1. The Morgan fingerprint density at radius 1 is 1.16 bits per heavy atom. The molecule has 1 aromatic rings. The lowest BCUT2D eigenvalue weighted by molar-refractivity contribution is -0.130. The van der Waals surface area contributed by atoms with E-state index in [9.17, 15) is 20.1 Å². The molecule has 9 heteroatoms. The van der Waals surface area contributed by atoms with Crippen LogP contribution in [0.3, 0.4) is 0 Å². The maximum absolute atomic E-state index is 13.9. The van der Waals surface area contributed by atoms with E-state index in [1.54, 1.807) is 28.4 Å². The predicted molar refractivity (Wildman–Crippen MR) is 142 cm³/mol. The Morgan fingerprint density at radius 2 is 1.92 bits per heavy atom. The second kappa shape index (κ2) is 10.7. The first-order valence-corrected chi connectivity index (χ1v) is 12.7. The zero-order chi connectivity index (χ0) is 26.6. The maximum Gasteiger partial charge on any atom is 0.250 e. The molecule has 1 aliphatic carbocycles. The Labute approximate surface area is 221 Å². The van der Waals surface area contributed by atoms with Crippen molar-refractivity contribution in [2.24, 2.45) is 0 Å². The molecule has 1 unspecified atom stereocenters. The molecule has 1 fully saturated rings. The number of hydrogen-bond donors (Lipinski definition) is 2. The number of allylic oxidation sites excluding steroid dienone is 1. The van der Waals surface area contributed by atoms with Crippen LogP contribution in [0, 0.1) is 29.6 Å². The molecule has 5 rings (SSSR count). The standard InChI is InChI=1S/C29H28N6O3/c1-19-14-21-18-38-13-10-23(21)27(19)33-28(22(15-30)16-31)32-24-9-8-20-6-2-3-7-25(20)35(29(24)37)17-26(36)34-11-4-5-12-34/h2-3,6-7,10,13-14,18,24,32-33H,4-5,8-9,11-12,17H2,1H3. The lowest BCUT2D eigenvalue weighted by Crippen LogP contribution is -2.50. The number of carbonyl (C=O) groups is 2. The number of aryl methyl sites for hydroxylation is 2. The van der Waals surface area contributed by atoms with E-state index in [1.807, 2.05) is 49.4 Å². The molecule has 0 radical (unpaired) electrons. The van der Waals surface area contributed by atoms with E-state index in [0.717, 1.165) is 40.8 Å². The number of nitriles is 2. The molecule has 9 nitrogen and oxygen atoms in total. The van der Waals surface area contributed by atoms with Crippen LogP contribution in [0.25, 0.3) is 11.1 Å². The second-order valence-corrected chi connectivity index (χ2v) is 9.60. The summed E-state index contributed by atoms with van der Waals surface area (Å²) in [6.45, 7) is 3.27. The summed E-state index contributed by atoms with van der Waals surface area (Å²) in [6.07, 6.45) is 6.14. The van der Waals surface area contributed by atoms with Crippen LogP contribution in [0.2, 0.25) is 0 Å². The van der Waals surface area contributed by atoms with E-state index < -0.39 is 6.04 Å². The summed E-state index contributed by atoms with van der Waals surface area (Å²) in [6, 6.07) is 14.5. The summed E-state index contributed by atoms with van der Waals surface area (Å²) in [4.78, 5) is 30.4. The van der Waals surface area contributed by atoms with Gasteiger partial charge in [-0.1, -0.05) is 18.2 Å². The van der Waals surface area contributed by atoms with Gasteiger partial charge in [-0.25, -0.2) is 0 Å². The monoisotopic (exact) mass is 508 g/mol. The third kappa shape index (κ3) is 4.79. The highest BCUT2D eigenvalue weighted by Crippen LogP contribution is 2.37. The molecule has 0 spiro atoms. The number of amides is 2. The Balaban J connectivity index is 1.46. The number of anilines is 2. The number of benzene rings is 1. The molecule has 192 valence electrons. The minimum absolute atomic E-state index is 0.0556. The number of para-hydroxylation sites is 1. The summed E-state index contributed by atoms with van der Waals surface area (Å²) >= 11 is 0. The van der Waals surface area contributed by atoms with E-state index in [1.165, 1.54) is 0 Å². The highest BCUT2D eigenvalue weighted by Gasteiger charge is 2.34. The van der Waals surface area contributed by atoms with Crippen molar-refractivity contribution in [3.8, 4) is 23.3 Å². The first-order valence-electron chi connectivity index (χ1n) is 12.7. The van der Waals surface area contributed by atoms with Crippen LogP contribution in [-0.2, 0) is 16.0 Å². The smallest absolute Gasteiger partial charge is 0.250 e. The molecule has 2 amide bonds. The van der Waals surface area contributed by atoms with Gasteiger partial charge >= 0.3 is 0 Å². The second-order valence-electron chi connectivity index (χ2n) is 9.60. The van der Waals surface area contributed by atoms with Gasteiger partial charge in [0.1, 0.15) is 30.5 Å². The van der Waals surface area contributed by atoms with Gasteiger partial charge in [-0.15, -0.1) is 0 Å². The van der Waals surface area contributed by atoms with Crippen molar-refractivity contribution < 1.29 is 14.0 Å². The maximum atomic E-state index is 13.9. The molecule has 2 N–H and O–H groups in total. The van der Waals surface area contributed by atoms with E-state index in [2.05, 4.69) is 10.6 Å². The van der Waals surface area contributed by atoms with Crippen LogP contribution in [0.5, 0.6) is 0 Å². The Hall–Kier alpha value is -4.76. The molecule has 4 aliphatic rings. The number of fused-ring (bicyclic) bond motifs is 2. The zero-order valence-electron chi connectivity index (χ0n) is 21.2. The Morgan fingerprint density at radius 3 is 2.68 bits per heavy atom. The molecule has 0 saturated carbocycles. The average molecular weight is 509 g/mol. The molecule has 0 aromatic heterocycles. The number of nitrogens with one attached hydrogen (secondary N) is 2. The van der Waals surface area contributed by atoms with Gasteiger partial charge in [-0.2, -0.15) is 10.5 Å². The minimum Gasteiger partial charge on any atom is -0.472 e. The zero-order valence-corrected chi connectivity index (χ0v) is 21.2. The van der Waals surface area contributed by atoms with Gasteiger partial charge in [0.15, 0.2) is 5.57 Å². The number of carbonyl (C=O) groups excluding carboxylic acids is 2. The molecule has 0 bridgehead atoms. The van der Waals surface area contributed by atoms with Gasteiger partial charge in [0.25, 0.3) is 0 Å². The molecule has 3 heterocycles. The highest BCUT2D eigenvalue weighted by atomic mass is 16.3. The van der Waals surface area contributed by atoms with Crippen LogP contribution in [0.4, 0.5) is 11.4 Å². The van der Waals surface area contributed by atoms with Gasteiger partial charge in [-0.05, 0) is 61.9 Å². The summed E-state index contributed by atoms with van der Waals surface area (Å²) in [5.74, 6) is -0.208. The van der Waals surface area contributed by atoms with Crippen molar-refractivity contribution in [3.63, 3.8) is 0 Å². The van der Waals surface area contributed by atoms with Gasteiger partial charge in [-0.3, -0.25) is 9.59 Å². The fourth-order valence-corrected chi connectivity index (χ4v) is 5.22. The van der Waals surface area contributed by atoms with E-state index >= 15 is 0 Å². The molecule has 1 aromatic carbocycles. The molecule has 1 atom stereocenters. The van der Waals surface area contributed by atoms with Crippen molar-refractivity contribution >= 4 is 23.2 Å². The van der Waals surface area contributed by atoms with Crippen LogP contribution in [0.1, 0.15) is 30.4 Å². The fraction of sp³-hybridized carbons (Fsp3) is 0.310. The van der Waals surface area contributed by atoms with E-state index in [0.29, 0.717) is 31.6 Å². The quantitative estimate of drug-likeness (QED) is 0.483. The van der Waals surface area contributed by atoms with Crippen LogP contribution in [-0.4, -0.2) is 42.4 Å². The molecular formula is C29H28N6O3. The van der Waals surface area contributed by atoms with E-state index in [-0.39, 0.29) is 29.8 Å². The van der Waals surface area contributed by atoms with Gasteiger partial charge < -0.3 is 24.9 Å². The van der Waals surface area contributed by atoms with Crippen molar-refractivity contribution in [2.45, 2.75) is 38.6 Å². The summed E-state index contributed by atoms with van der Waals surface area (Å²) in [5, 5.41) is 25.8. The number of hydrogen-bond acceptors (Lipinski definition) is 7. The minimum atomic E-state index is -0.760. The number of nitrogens with zero attached hydrogens (tertiary/aromatic N) is 4. The van der Waals surface area contributed by atoms with Crippen molar-refractivity contribution in [3.05, 3.63) is 71.4 Å². The van der Waals surface area contributed by atoms with Crippen molar-refractivity contribution in [1.29, 1.82) is 10.5 Å². The largest absolute Gasteiger partial charge is 0.472 e. The topological polar surface area (TPSA) is 125 Å². The third-order valence-corrected chi connectivity index (χ3v) is 7.20. The highest BCUT2D eigenvalue weighted by molar-refractivity contribution is 6.03. The number of likely N-dealkylation sites (tertiary alicyclic amines) is 1. The molecule has 3 aliphatic heterocycles. The van der Waals surface area contributed by atoms with Gasteiger partial charge in [0, 0.05) is 29.9 Å². The average Bonchev–Trinajstić information content (AvgIpc) is 3.55. The number of rotatable bonds is 6. The molecular weight excluding hydrogens is 480 g/mol. The SMILES string of the molecule is Cc1cc2coccc-2c1NC(NC1CCc2ccccc2N(CC(=O)N2CCCC2)C1=O)=C(C#N)C#N. The van der Waals surface area contributed by atoms with Crippen LogP contribution < -0.4 is 15.5 Å². The Bertz CT molecular complexity index is 1440. The lowest BCUT2D eigenvalue weighted by Gasteiger charge is -2.28. The first-order chi connectivity index (χ1) is 18.5.